The summed E-state index contributed by atoms with van der Waals surface area (Å²) in [5.41, 5.74) is 5.84. The van der Waals surface area contributed by atoms with E-state index in [2.05, 4.69) is 102 Å². The fraction of sp³-hybridized carbons (Fsp3) is 0.400. The molecule has 60 heavy (non-hydrogen) atoms. The molecule has 1 aliphatic heterocycles. The van der Waals surface area contributed by atoms with Gasteiger partial charge in [0.1, 0.15) is 23.7 Å². The van der Waals surface area contributed by atoms with E-state index >= 15 is 0 Å². The smallest absolute Gasteiger partial charge is 0.407 e. The van der Waals surface area contributed by atoms with Crippen LogP contribution in [0.3, 0.4) is 0 Å². The second-order valence-corrected chi connectivity index (χ2v) is 15.8. The highest BCUT2D eigenvalue weighted by atomic mass is 16.5. The lowest BCUT2D eigenvalue weighted by molar-refractivity contribution is -0.135. The number of fused-ring (bicyclic) bond motifs is 1. The van der Waals surface area contributed by atoms with E-state index in [0.717, 1.165) is 68.9 Å². The number of hydrogen-bond donors (Lipinski definition) is 5. The summed E-state index contributed by atoms with van der Waals surface area (Å²) >= 11 is 0. The molecule has 0 spiro atoms. The molecule has 0 bridgehead atoms. The molecule has 3 heterocycles. The Labute approximate surface area is 349 Å². The molecule has 4 unspecified atom stereocenters. The average molecular weight is 816 g/mol. The van der Waals surface area contributed by atoms with Gasteiger partial charge in [-0.05, 0) is 70.7 Å². The second kappa shape index (κ2) is 19.4. The number of likely N-dealkylation sites (tertiary alicyclic amines) is 1. The van der Waals surface area contributed by atoms with Gasteiger partial charge in [0.05, 0.1) is 56.0 Å². The second-order valence-electron chi connectivity index (χ2n) is 15.8. The predicted molar refractivity (Wildman–Crippen MR) is 227 cm³/mol. The Bertz CT molecular complexity index is 2340. The summed E-state index contributed by atoms with van der Waals surface area (Å²) in [6.07, 6.45) is 4.92. The minimum Gasteiger partial charge on any atom is -0.453 e. The Morgan fingerprint density at radius 2 is 1.38 bits per heavy atom. The molecule has 0 aliphatic carbocycles. The van der Waals surface area contributed by atoms with Gasteiger partial charge in [0.25, 0.3) is 0 Å². The molecule has 1 saturated heterocycles. The number of aryl methyl sites for hydroxylation is 1. The van der Waals surface area contributed by atoms with Crippen LogP contribution in [0.4, 0.5) is 9.59 Å². The van der Waals surface area contributed by atoms with Crippen molar-refractivity contribution in [2.75, 3.05) is 27.3 Å². The summed E-state index contributed by atoms with van der Waals surface area (Å²) < 4.78 is 9.39. The van der Waals surface area contributed by atoms with Crippen LogP contribution in [0, 0.1) is 29.1 Å². The maximum atomic E-state index is 13.6. The van der Waals surface area contributed by atoms with Gasteiger partial charge in [-0.3, -0.25) is 9.59 Å². The normalized spacial score (nSPS) is 15.3. The van der Waals surface area contributed by atoms with Gasteiger partial charge in [-0.1, -0.05) is 76.2 Å². The number of carbonyl (C=O) groups is 4. The van der Waals surface area contributed by atoms with Gasteiger partial charge in [-0.25, -0.2) is 19.6 Å². The lowest BCUT2D eigenvalue weighted by atomic mass is 9.98. The number of ether oxygens (including phenoxy) is 2. The molecule has 3 aromatic carbocycles. The Morgan fingerprint density at radius 1 is 0.800 bits per heavy atom. The van der Waals surface area contributed by atoms with E-state index in [1.54, 1.807) is 6.20 Å². The lowest BCUT2D eigenvalue weighted by Gasteiger charge is -2.30. The lowest BCUT2D eigenvalue weighted by Crippen LogP contribution is -2.51. The van der Waals surface area contributed by atoms with Crippen molar-refractivity contribution in [1.82, 2.24) is 40.8 Å². The van der Waals surface area contributed by atoms with E-state index in [-0.39, 0.29) is 36.2 Å². The van der Waals surface area contributed by atoms with Crippen molar-refractivity contribution in [2.45, 2.75) is 71.5 Å². The molecule has 0 radical (unpaired) electrons. The molecule has 2 aromatic heterocycles. The van der Waals surface area contributed by atoms with Crippen molar-refractivity contribution in [3.63, 3.8) is 0 Å². The molecule has 1 aliphatic rings. The van der Waals surface area contributed by atoms with E-state index in [9.17, 15) is 24.4 Å². The number of amides is 4. The standard InChI is InChI=1S/C45H53N9O6/c1-26(2)39(52-44(57)59-5)42(55)49-23-28(22-46)9-18-38-47-24-35(50-38)30-12-10-29(11-13-30)31-14-15-33-21-34(17-16-32(33)20-31)36-25-48-41(51-36)37-8-7-19-54(37)43(56)40(27(3)4)53-45(58)60-6/h10-17,20-21,24-28,37,39-40H,7-9,18-19,23H2,1-6H3,(H,47,50)(H,48,51)(H,49,55)(H,52,57)(H,53,58). The Balaban J connectivity index is 1.06. The molecule has 4 amide bonds. The van der Waals surface area contributed by atoms with Crippen LogP contribution in [-0.4, -0.2) is 88.2 Å². The first-order valence-corrected chi connectivity index (χ1v) is 20.3. The minimum atomic E-state index is -0.769. The van der Waals surface area contributed by atoms with Crippen molar-refractivity contribution in [3.05, 3.63) is 84.7 Å². The fourth-order valence-electron chi connectivity index (χ4n) is 7.49. The molecule has 6 rings (SSSR count). The number of benzene rings is 3. The number of nitrogens with one attached hydrogen (secondary N) is 5. The zero-order chi connectivity index (χ0) is 42.9. The summed E-state index contributed by atoms with van der Waals surface area (Å²) in [5.74, 6) is 0.252. The molecule has 5 N–H and O–H groups in total. The highest BCUT2D eigenvalue weighted by Gasteiger charge is 2.37. The maximum Gasteiger partial charge on any atom is 0.407 e. The topological polar surface area (TPSA) is 207 Å². The average Bonchev–Trinajstić information content (AvgIpc) is 4.06. The number of carbonyl (C=O) groups excluding carboxylic acids is 4. The van der Waals surface area contributed by atoms with Gasteiger partial charge < -0.3 is 40.3 Å². The summed E-state index contributed by atoms with van der Waals surface area (Å²) in [6, 6.07) is 21.5. The first-order chi connectivity index (χ1) is 28.9. The summed E-state index contributed by atoms with van der Waals surface area (Å²) in [5, 5.41) is 19.9. The first-order valence-electron chi connectivity index (χ1n) is 20.3. The molecular formula is C45H53N9O6. The predicted octanol–water partition coefficient (Wildman–Crippen LogP) is 6.90. The van der Waals surface area contributed by atoms with Gasteiger partial charge in [0.15, 0.2) is 0 Å². The number of methoxy groups -OCH3 is 2. The Morgan fingerprint density at radius 3 is 2.03 bits per heavy atom. The molecule has 5 aromatic rings. The molecule has 15 heteroatoms. The highest BCUT2D eigenvalue weighted by Crippen LogP contribution is 2.34. The summed E-state index contributed by atoms with van der Waals surface area (Å²) in [7, 11) is 2.53. The number of nitriles is 1. The first kappa shape index (κ1) is 42.9. The third-order valence-electron chi connectivity index (χ3n) is 11.0. The van der Waals surface area contributed by atoms with E-state index in [1.807, 2.05) is 38.8 Å². The van der Waals surface area contributed by atoms with Crippen molar-refractivity contribution >= 4 is 34.8 Å². The van der Waals surface area contributed by atoms with Gasteiger partial charge >= 0.3 is 12.2 Å². The van der Waals surface area contributed by atoms with Crippen molar-refractivity contribution in [2.24, 2.45) is 17.8 Å². The molecular weight excluding hydrogens is 763 g/mol. The summed E-state index contributed by atoms with van der Waals surface area (Å²) in [4.78, 5) is 67.8. The quantitative estimate of drug-likeness (QED) is 0.0744. The number of imidazole rings is 2. The van der Waals surface area contributed by atoms with E-state index in [1.165, 1.54) is 14.2 Å². The highest BCUT2D eigenvalue weighted by molar-refractivity contribution is 5.91. The summed E-state index contributed by atoms with van der Waals surface area (Å²) in [6.45, 7) is 8.18. The molecule has 314 valence electrons. The number of nitrogens with zero attached hydrogens (tertiary/aromatic N) is 4. The van der Waals surface area contributed by atoms with Crippen LogP contribution < -0.4 is 16.0 Å². The number of H-pyrrole nitrogens is 2. The van der Waals surface area contributed by atoms with Crippen LogP contribution in [0.15, 0.2) is 73.1 Å². The van der Waals surface area contributed by atoms with Crippen molar-refractivity contribution in [1.29, 1.82) is 5.26 Å². The van der Waals surface area contributed by atoms with Crippen molar-refractivity contribution in [3.8, 4) is 39.7 Å². The van der Waals surface area contributed by atoms with Gasteiger partial charge in [-0.15, -0.1) is 0 Å². The van der Waals surface area contributed by atoms with Gasteiger partial charge in [-0.2, -0.15) is 5.26 Å². The number of alkyl carbamates (subject to hydrolysis) is 2. The van der Waals surface area contributed by atoms with E-state index in [4.69, 9.17) is 9.72 Å². The number of rotatable bonds is 15. The SMILES string of the molecule is COC(=O)NC(C(=O)NCC(C#N)CCc1ncc(-c2ccc(-c3ccc4cc(-c5cnc(C6CCCN6C(=O)C(NC(=O)OC)C(C)C)[nH]5)ccc4c3)cc2)[nH]1)C(C)C. The van der Waals surface area contributed by atoms with Crippen LogP contribution in [-0.2, 0) is 25.5 Å². The van der Waals surface area contributed by atoms with Crippen LogP contribution in [0.2, 0.25) is 0 Å². The van der Waals surface area contributed by atoms with Crippen LogP contribution in [0.25, 0.3) is 44.4 Å². The van der Waals surface area contributed by atoms with E-state index in [0.29, 0.717) is 19.4 Å². The number of hydrogen-bond acceptors (Lipinski definition) is 9. The monoisotopic (exact) mass is 815 g/mol. The Kier molecular flexibility index (Phi) is 13.9. The maximum absolute atomic E-state index is 13.6. The van der Waals surface area contributed by atoms with Crippen molar-refractivity contribution < 1.29 is 28.7 Å². The zero-order valence-electron chi connectivity index (χ0n) is 34.9. The van der Waals surface area contributed by atoms with Crippen LogP contribution in [0.1, 0.15) is 64.6 Å². The Hall–Kier alpha value is -6.69. The molecule has 0 saturated carbocycles. The number of aromatic nitrogens is 4. The van der Waals surface area contributed by atoms with Crippen LogP contribution in [0.5, 0.6) is 0 Å². The van der Waals surface area contributed by atoms with Gasteiger partial charge in [0, 0.05) is 25.1 Å². The third-order valence-corrected chi connectivity index (χ3v) is 11.0. The zero-order valence-corrected chi connectivity index (χ0v) is 34.9. The fourth-order valence-corrected chi connectivity index (χ4v) is 7.49. The third kappa shape index (κ3) is 10.1. The number of aromatic amines is 2. The minimum absolute atomic E-state index is 0.110. The van der Waals surface area contributed by atoms with Crippen LogP contribution >= 0.6 is 0 Å². The van der Waals surface area contributed by atoms with Gasteiger partial charge in [0.2, 0.25) is 11.8 Å². The molecule has 15 nitrogen and oxygen atoms in total. The molecule has 1 fully saturated rings. The van der Waals surface area contributed by atoms with E-state index < -0.39 is 30.2 Å². The molecule has 4 atom stereocenters. The largest absolute Gasteiger partial charge is 0.453 e.